The molecule has 0 spiro atoms. The number of nitro groups is 1. The van der Waals surface area contributed by atoms with Gasteiger partial charge in [0.15, 0.2) is 0 Å². The van der Waals surface area contributed by atoms with E-state index in [9.17, 15) is 10.1 Å². The van der Waals surface area contributed by atoms with Crippen LogP contribution in [0, 0.1) is 10.1 Å². The number of nitrogens with zero attached hydrogens (tertiary/aromatic N) is 2. The van der Waals surface area contributed by atoms with Gasteiger partial charge in [-0.15, -0.1) is 0 Å². The van der Waals surface area contributed by atoms with Crippen LogP contribution in [0.5, 0.6) is 0 Å². The first kappa shape index (κ1) is 14.3. The van der Waals surface area contributed by atoms with Crippen molar-refractivity contribution in [2.24, 2.45) is 0 Å². The lowest BCUT2D eigenvalue weighted by Gasteiger charge is -2.10. The highest BCUT2D eigenvalue weighted by Crippen LogP contribution is 2.20. The number of hydrogen-bond donors (Lipinski definition) is 1. The number of benzene rings is 1. The fraction of sp³-hybridized carbons (Fsp3) is 0.333. The van der Waals surface area contributed by atoms with Gasteiger partial charge >= 0.3 is 0 Å². The van der Waals surface area contributed by atoms with E-state index >= 15 is 0 Å². The second-order valence-electron chi connectivity index (χ2n) is 4.78. The van der Waals surface area contributed by atoms with Crippen LogP contribution < -0.4 is 5.32 Å². The number of nitrogens with one attached hydrogen (secondary N) is 1. The van der Waals surface area contributed by atoms with Gasteiger partial charge in [-0.05, 0) is 25.1 Å². The Hall–Kier alpha value is -2.14. The van der Waals surface area contributed by atoms with Gasteiger partial charge in [0.25, 0.3) is 5.69 Å². The molecule has 20 heavy (non-hydrogen) atoms. The third-order valence-electron chi connectivity index (χ3n) is 3.32. The fourth-order valence-corrected chi connectivity index (χ4v) is 2.26. The molecule has 0 saturated carbocycles. The molecule has 0 aliphatic rings. The van der Waals surface area contributed by atoms with E-state index in [1.807, 2.05) is 29.1 Å². The van der Waals surface area contributed by atoms with Crippen molar-refractivity contribution in [2.75, 3.05) is 6.54 Å². The zero-order valence-corrected chi connectivity index (χ0v) is 11.7. The number of nitro benzene ring substituents is 1. The topological polar surface area (TPSA) is 60.1 Å². The summed E-state index contributed by atoms with van der Waals surface area (Å²) in [7, 11) is 0. The van der Waals surface area contributed by atoms with Crippen LogP contribution in [0.25, 0.3) is 0 Å². The monoisotopic (exact) mass is 273 g/mol. The van der Waals surface area contributed by atoms with Gasteiger partial charge in [0.1, 0.15) is 0 Å². The van der Waals surface area contributed by atoms with Gasteiger partial charge in [0.2, 0.25) is 0 Å². The van der Waals surface area contributed by atoms with Crippen LogP contribution in [0.3, 0.4) is 0 Å². The Kier molecular flexibility index (Phi) is 4.53. The van der Waals surface area contributed by atoms with Crippen LogP contribution >= 0.6 is 0 Å². The minimum absolute atomic E-state index is 0.169. The first-order valence-corrected chi connectivity index (χ1v) is 6.73. The first-order valence-electron chi connectivity index (χ1n) is 6.73. The van der Waals surface area contributed by atoms with Crippen molar-refractivity contribution in [3.8, 4) is 0 Å². The quantitative estimate of drug-likeness (QED) is 0.650. The molecule has 0 amide bonds. The van der Waals surface area contributed by atoms with E-state index in [0.717, 1.165) is 12.1 Å². The number of para-hydroxylation sites is 1. The van der Waals surface area contributed by atoms with Gasteiger partial charge in [0, 0.05) is 30.1 Å². The predicted octanol–water partition coefficient (Wildman–Crippen LogP) is 3.12. The Morgan fingerprint density at radius 1 is 1.35 bits per heavy atom. The van der Waals surface area contributed by atoms with Gasteiger partial charge in [0.05, 0.1) is 11.5 Å². The Balaban J connectivity index is 2.17. The molecule has 5 nitrogen and oxygen atoms in total. The second-order valence-corrected chi connectivity index (χ2v) is 4.78. The van der Waals surface area contributed by atoms with Crippen LogP contribution in [0.1, 0.15) is 31.0 Å². The Labute approximate surface area is 118 Å². The molecule has 0 aliphatic heterocycles. The number of aromatic nitrogens is 1. The predicted molar refractivity (Wildman–Crippen MR) is 78.7 cm³/mol. The van der Waals surface area contributed by atoms with Crippen molar-refractivity contribution in [2.45, 2.75) is 26.4 Å². The van der Waals surface area contributed by atoms with Crippen molar-refractivity contribution >= 4 is 5.69 Å². The third-order valence-corrected chi connectivity index (χ3v) is 3.32. The van der Waals surface area contributed by atoms with E-state index in [2.05, 4.69) is 19.2 Å². The molecule has 0 saturated heterocycles. The summed E-state index contributed by atoms with van der Waals surface area (Å²) >= 11 is 0. The summed E-state index contributed by atoms with van der Waals surface area (Å²) in [6.07, 6.45) is 3.99. The SMILES string of the molecule is CCNC(C)c1ccn(Cc2ccccc2[N+](=O)[O-])c1. The van der Waals surface area contributed by atoms with Gasteiger partial charge in [-0.25, -0.2) is 0 Å². The average molecular weight is 273 g/mol. The smallest absolute Gasteiger partial charge is 0.274 e. The molecule has 106 valence electrons. The lowest BCUT2D eigenvalue weighted by molar-refractivity contribution is -0.385. The van der Waals surface area contributed by atoms with E-state index in [-0.39, 0.29) is 16.7 Å². The summed E-state index contributed by atoms with van der Waals surface area (Å²) in [5, 5.41) is 14.3. The van der Waals surface area contributed by atoms with E-state index < -0.39 is 0 Å². The van der Waals surface area contributed by atoms with Gasteiger partial charge in [-0.3, -0.25) is 10.1 Å². The lowest BCUT2D eigenvalue weighted by Crippen LogP contribution is -2.17. The molecule has 5 heteroatoms. The lowest BCUT2D eigenvalue weighted by atomic mass is 10.2. The molecule has 1 unspecified atom stereocenters. The first-order chi connectivity index (χ1) is 9.61. The maximum Gasteiger partial charge on any atom is 0.274 e. The summed E-state index contributed by atoms with van der Waals surface area (Å²) in [5.74, 6) is 0. The standard InChI is InChI=1S/C15H19N3O2/c1-3-16-12(2)13-8-9-17(10-13)11-14-6-4-5-7-15(14)18(19)20/h4-10,12,16H,3,11H2,1-2H3. The molecule has 0 radical (unpaired) electrons. The zero-order chi connectivity index (χ0) is 14.5. The second kappa shape index (κ2) is 6.34. The largest absolute Gasteiger partial charge is 0.349 e. The summed E-state index contributed by atoms with van der Waals surface area (Å²) < 4.78 is 1.98. The highest BCUT2D eigenvalue weighted by molar-refractivity contribution is 5.40. The molecular weight excluding hydrogens is 254 g/mol. The highest BCUT2D eigenvalue weighted by atomic mass is 16.6. The Morgan fingerprint density at radius 3 is 2.80 bits per heavy atom. The van der Waals surface area contributed by atoms with Crippen molar-refractivity contribution in [1.82, 2.24) is 9.88 Å². The molecule has 0 bridgehead atoms. The number of rotatable bonds is 6. The average Bonchev–Trinajstić information content (AvgIpc) is 2.88. The molecule has 1 atom stereocenters. The molecule has 1 aromatic heterocycles. The molecule has 1 aromatic carbocycles. The van der Waals surface area contributed by atoms with Crippen molar-refractivity contribution in [3.63, 3.8) is 0 Å². The highest BCUT2D eigenvalue weighted by Gasteiger charge is 2.13. The summed E-state index contributed by atoms with van der Waals surface area (Å²) in [4.78, 5) is 10.7. The Bertz CT molecular complexity index is 592. The van der Waals surface area contributed by atoms with Crippen LogP contribution in [0.4, 0.5) is 5.69 Å². The van der Waals surface area contributed by atoms with Crippen LogP contribution in [0.15, 0.2) is 42.7 Å². The summed E-state index contributed by atoms with van der Waals surface area (Å²) in [6.45, 7) is 5.60. The van der Waals surface area contributed by atoms with Crippen LogP contribution in [-0.4, -0.2) is 16.0 Å². The minimum atomic E-state index is -0.332. The van der Waals surface area contributed by atoms with Gasteiger partial charge in [-0.1, -0.05) is 25.1 Å². The summed E-state index contributed by atoms with van der Waals surface area (Å²) in [6, 6.07) is 9.19. The van der Waals surface area contributed by atoms with Crippen molar-refractivity contribution in [1.29, 1.82) is 0 Å². The van der Waals surface area contributed by atoms with Gasteiger partial charge < -0.3 is 9.88 Å². The minimum Gasteiger partial charge on any atom is -0.349 e. The molecule has 1 heterocycles. The van der Waals surface area contributed by atoms with Crippen LogP contribution in [0.2, 0.25) is 0 Å². The fourth-order valence-electron chi connectivity index (χ4n) is 2.26. The van der Waals surface area contributed by atoms with E-state index in [4.69, 9.17) is 0 Å². The molecule has 0 aliphatic carbocycles. The van der Waals surface area contributed by atoms with E-state index in [1.54, 1.807) is 18.2 Å². The van der Waals surface area contributed by atoms with E-state index in [0.29, 0.717) is 6.54 Å². The van der Waals surface area contributed by atoms with Crippen molar-refractivity contribution in [3.05, 3.63) is 64.0 Å². The van der Waals surface area contributed by atoms with Gasteiger partial charge in [-0.2, -0.15) is 0 Å². The molecule has 2 aromatic rings. The molecule has 2 rings (SSSR count). The van der Waals surface area contributed by atoms with Crippen molar-refractivity contribution < 1.29 is 4.92 Å². The number of hydrogen-bond acceptors (Lipinski definition) is 3. The zero-order valence-electron chi connectivity index (χ0n) is 11.7. The van der Waals surface area contributed by atoms with E-state index in [1.165, 1.54) is 5.56 Å². The molecular formula is C15H19N3O2. The summed E-state index contributed by atoms with van der Waals surface area (Å²) in [5.41, 5.74) is 2.07. The maximum absolute atomic E-state index is 11.0. The van der Waals surface area contributed by atoms with Crippen LogP contribution in [-0.2, 0) is 6.54 Å². The normalized spacial score (nSPS) is 12.3. The Morgan fingerprint density at radius 2 is 2.10 bits per heavy atom. The third kappa shape index (κ3) is 3.24. The molecule has 0 fully saturated rings. The maximum atomic E-state index is 11.0. The molecule has 1 N–H and O–H groups in total.